The van der Waals surface area contributed by atoms with Crippen LogP contribution in [0.3, 0.4) is 0 Å². The minimum Gasteiger partial charge on any atom is -0.355 e. The van der Waals surface area contributed by atoms with Crippen LogP contribution in [0, 0.1) is 5.92 Å². The lowest BCUT2D eigenvalue weighted by molar-refractivity contribution is -0.122. The average molecular weight is 260 g/mol. The Morgan fingerprint density at radius 2 is 2.16 bits per heavy atom. The maximum atomic E-state index is 11.9. The fraction of sp³-hybridized carbons (Fsp3) is 0.562. The molecule has 1 aliphatic carbocycles. The number of aryl methyl sites for hydroxylation is 1. The highest BCUT2D eigenvalue weighted by atomic mass is 16.2. The van der Waals surface area contributed by atoms with Gasteiger partial charge in [0.2, 0.25) is 5.91 Å². The molecule has 19 heavy (non-hydrogen) atoms. The van der Waals surface area contributed by atoms with Crippen molar-refractivity contribution in [3.8, 4) is 0 Å². The van der Waals surface area contributed by atoms with E-state index in [4.69, 9.17) is 0 Å². The van der Waals surface area contributed by atoms with Gasteiger partial charge in [0, 0.05) is 12.6 Å². The highest BCUT2D eigenvalue weighted by Gasteiger charge is 2.26. The summed E-state index contributed by atoms with van der Waals surface area (Å²) in [6.45, 7) is 5.45. The summed E-state index contributed by atoms with van der Waals surface area (Å²) in [4.78, 5) is 14.0. The van der Waals surface area contributed by atoms with Crippen molar-refractivity contribution in [2.45, 2.75) is 32.7 Å². The van der Waals surface area contributed by atoms with E-state index in [2.05, 4.69) is 48.3 Å². The first-order valence-corrected chi connectivity index (χ1v) is 7.12. The molecule has 1 N–H and O–H groups in total. The number of amides is 1. The Balaban J connectivity index is 1.91. The van der Waals surface area contributed by atoms with Gasteiger partial charge in [0.15, 0.2) is 0 Å². The van der Waals surface area contributed by atoms with Crippen molar-refractivity contribution in [1.29, 1.82) is 0 Å². The van der Waals surface area contributed by atoms with Crippen LogP contribution in [0.4, 0.5) is 0 Å². The zero-order valence-electron chi connectivity index (χ0n) is 12.1. The van der Waals surface area contributed by atoms with Crippen molar-refractivity contribution >= 4 is 5.91 Å². The summed E-state index contributed by atoms with van der Waals surface area (Å²) in [5, 5.41) is 2.98. The second kappa shape index (κ2) is 6.20. The molecule has 0 spiro atoms. The Labute approximate surface area is 116 Å². The van der Waals surface area contributed by atoms with Crippen LogP contribution in [-0.4, -0.2) is 30.9 Å². The van der Waals surface area contributed by atoms with Crippen molar-refractivity contribution in [3.63, 3.8) is 0 Å². The summed E-state index contributed by atoms with van der Waals surface area (Å²) < 4.78 is 0. The minimum atomic E-state index is 0.126. The fourth-order valence-electron chi connectivity index (χ4n) is 2.70. The van der Waals surface area contributed by atoms with Crippen molar-refractivity contribution < 1.29 is 4.79 Å². The van der Waals surface area contributed by atoms with E-state index < -0.39 is 0 Å². The van der Waals surface area contributed by atoms with Gasteiger partial charge in [0.25, 0.3) is 0 Å². The summed E-state index contributed by atoms with van der Waals surface area (Å²) in [7, 11) is 2.04. The number of nitrogens with one attached hydrogen (secondary N) is 1. The van der Waals surface area contributed by atoms with Crippen LogP contribution in [0.2, 0.25) is 0 Å². The average Bonchev–Trinajstić information content (AvgIpc) is 2.80. The first-order chi connectivity index (χ1) is 9.08. The molecule has 104 valence electrons. The van der Waals surface area contributed by atoms with Crippen LogP contribution < -0.4 is 5.32 Å². The molecule has 0 aliphatic heterocycles. The Morgan fingerprint density at radius 3 is 2.89 bits per heavy atom. The van der Waals surface area contributed by atoms with Gasteiger partial charge in [-0.25, -0.2) is 0 Å². The van der Waals surface area contributed by atoms with Gasteiger partial charge in [-0.15, -0.1) is 0 Å². The Kier molecular flexibility index (Phi) is 4.59. The molecule has 1 atom stereocenters. The number of nitrogens with zero attached hydrogens (tertiary/aromatic N) is 1. The van der Waals surface area contributed by atoms with Crippen LogP contribution >= 0.6 is 0 Å². The molecule has 3 nitrogen and oxygen atoms in total. The van der Waals surface area contributed by atoms with Gasteiger partial charge in [-0.3, -0.25) is 9.69 Å². The first kappa shape index (κ1) is 14.1. The third-order valence-corrected chi connectivity index (χ3v) is 3.73. The Bertz CT molecular complexity index is 442. The van der Waals surface area contributed by atoms with Gasteiger partial charge in [0.05, 0.1) is 6.54 Å². The largest absolute Gasteiger partial charge is 0.355 e. The Morgan fingerprint density at radius 1 is 1.42 bits per heavy atom. The lowest BCUT2D eigenvalue weighted by Crippen LogP contribution is -2.38. The zero-order chi connectivity index (χ0) is 13.8. The lowest BCUT2D eigenvalue weighted by Gasteiger charge is -2.24. The van der Waals surface area contributed by atoms with E-state index in [1.807, 2.05) is 7.05 Å². The molecule has 1 amide bonds. The number of hydrogen-bond donors (Lipinski definition) is 1. The SMILES string of the molecule is CC(C)CNC(=O)CN(C)C1CCc2ccccc21. The molecule has 2 rings (SSSR count). The van der Waals surface area contributed by atoms with Crippen LogP contribution in [-0.2, 0) is 11.2 Å². The number of rotatable bonds is 5. The number of hydrogen-bond acceptors (Lipinski definition) is 2. The van der Waals surface area contributed by atoms with Crippen molar-refractivity contribution in [3.05, 3.63) is 35.4 Å². The molecule has 0 bridgehead atoms. The van der Waals surface area contributed by atoms with E-state index >= 15 is 0 Å². The summed E-state index contributed by atoms with van der Waals surface area (Å²) >= 11 is 0. The Hall–Kier alpha value is -1.35. The molecule has 0 saturated carbocycles. The zero-order valence-corrected chi connectivity index (χ0v) is 12.1. The molecule has 0 fully saturated rings. The quantitative estimate of drug-likeness (QED) is 0.881. The van der Waals surface area contributed by atoms with Crippen LogP contribution in [0.15, 0.2) is 24.3 Å². The molecule has 0 saturated heterocycles. The molecule has 0 radical (unpaired) electrons. The number of fused-ring (bicyclic) bond motifs is 1. The fourth-order valence-corrected chi connectivity index (χ4v) is 2.70. The third-order valence-electron chi connectivity index (χ3n) is 3.73. The summed E-state index contributed by atoms with van der Waals surface area (Å²) in [5.74, 6) is 0.627. The van der Waals surface area contributed by atoms with Gasteiger partial charge in [-0.1, -0.05) is 38.1 Å². The molecule has 1 aromatic carbocycles. The molecular weight excluding hydrogens is 236 g/mol. The topological polar surface area (TPSA) is 32.3 Å². The predicted molar refractivity (Wildman–Crippen MR) is 78.0 cm³/mol. The number of carbonyl (C=O) groups is 1. The van der Waals surface area contributed by atoms with Crippen molar-refractivity contribution in [1.82, 2.24) is 10.2 Å². The van der Waals surface area contributed by atoms with E-state index in [0.717, 1.165) is 19.4 Å². The summed E-state index contributed by atoms with van der Waals surface area (Å²) in [5.41, 5.74) is 2.82. The standard InChI is InChI=1S/C16H24N2O/c1-12(2)10-17-16(19)11-18(3)15-9-8-13-6-4-5-7-14(13)15/h4-7,12,15H,8-11H2,1-3H3,(H,17,19). The predicted octanol–water partition coefficient (Wildman–Crippen LogP) is 2.38. The second-order valence-corrected chi connectivity index (χ2v) is 5.87. The third kappa shape index (κ3) is 3.57. The van der Waals surface area contributed by atoms with E-state index in [1.54, 1.807) is 0 Å². The van der Waals surface area contributed by atoms with E-state index in [-0.39, 0.29) is 5.91 Å². The molecule has 0 aromatic heterocycles. The van der Waals surface area contributed by atoms with Crippen LogP contribution in [0.5, 0.6) is 0 Å². The minimum absolute atomic E-state index is 0.126. The maximum absolute atomic E-state index is 11.9. The maximum Gasteiger partial charge on any atom is 0.234 e. The first-order valence-electron chi connectivity index (χ1n) is 7.12. The van der Waals surface area contributed by atoms with Gasteiger partial charge < -0.3 is 5.32 Å². The second-order valence-electron chi connectivity index (χ2n) is 5.87. The van der Waals surface area contributed by atoms with Gasteiger partial charge >= 0.3 is 0 Å². The van der Waals surface area contributed by atoms with Crippen molar-refractivity contribution in [2.75, 3.05) is 20.1 Å². The molecule has 1 aliphatic rings. The molecule has 0 heterocycles. The molecular formula is C16H24N2O. The molecule has 1 unspecified atom stereocenters. The van der Waals surface area contributed by atoms with E-state index in [1.165, 1.54) is 11.1 Å². The number of likely N-dealkylation sites (N-methyl/N-ethyl adjacent to an activating group) is 1. The van der Waals surface area contributed by atoms with Gasteiger partial charge in [0.1, 0.15) is 0 Å². The van der Waals surface area contributed by atoms with Crippen molar-refractivity contribution in [2.24, 2.45) is 5.92 Å². The summed E-state index contributed by atoms with van der Waals surface area (Å²) in [6.07, 6.45) is 2.24. The van der Waals surface area contributed by atoms with Crippen LogP contribution in [0.25, 0.3) is 0 Å². The molecule has 1 aromatic rings. The monoisotopic (exact) mass is 260 g/mol. The van der Waals surface area contributed by atoms with Crippen LogP contribution in [0.1, 0.15) is 37.4 Å². The van der Waals surface area contributed by atoms with E-state index in [9.17, 15) is 4.79 Å². The highest BCUT2D eigenvalue weighted by molar-refractivity contribution is 5.78. The molecule has 3 heteroatoms. The smallest absolute Gasteiger partial charge is 0.234 e. The highest BCUT2D eigenvalue weighted by Crippen LogP contribution is 2.34. The summed E-state index contributed by atoms with van der Waals surface area (Å²) in [6, 6.07) is 8.96. The number of benzene rings is 1. The number of carbonyl (C=O) groups excluding carboxylic acids is 1. The lowest BCUT2D eigenvalue weighted by atomic mass is 10.1. The van der Waals surface area contributed by atoms with Gasteiger partial charge in [-0.2, -0.15) is 0 Å². The van der Waals surface area contributed by atoms with E-state index in [0.29, 0.717) is 18.5 Å². The van der Waals surface area contributed by atoms with Gasteiger partial charge in [-0.05, 0) is 36.9 Å². The normalized spacial score (nSPS) is 17.8.